The number of rotatable bonds is 8. The predicted octanol–water partition coefficient (Wildman–Crippen LogP) is 5.32. The highest BCUT2D eigenvalue weighted by Gasteiger charge is 2.16. The van der Waals surface area contributed by atoms with Gasteiger partial charge in [0.05, 0.1) is 5.69 Å². The summed E-state index contributed by atoms with van der Waals surface area (Å²) in [4.78, 5) is 28.3. The maximum Gasteiger partial charge on any atom is 0.255 e. The Bertz CT molecular complexity index is 1400. The van der Waals surface area contributed by atoms with Gasteiger partial charge in [-0.1, -0.05) is 45.0 Å². The van der Waals surface area contributed by atoms with E-state index in [1.54, 1.807) is 0 Å². The van der Waals surface area contributed by atoms with Crippen LogP contribution >= 0.6 is 0 Å². The number of nitrogens with two attached hydrogens (primary N) is 1. The van der Waals surface area contributed by atoms with Crippen LogP contribution in [0.15, 0.2) is 67.1 Å². The smallest absolute Gasteiger partial charge is 0.255 e. The minimum absolute atomic E-state index is 0.0519. The molecule has 0 saturated carbocycles. The molecule has 2 aromatic heterocycles. The quantitative estimate of drug-likeness (QED) is 0.212. The van der Waals surface area contributed by atoms with Gasteiger partial charge in [-0.05, 0) is 80.4 Å². The first-order valence-corrected chi connectivity index (χ1v) is 13.1. The summed E-state index contributed by atoms with van der Waals surface area (Å²) < 4.78 is 2.05. The molecule has 8 heteroatoms. The van der Waals surface area contributed by atoms with Crippen molar-refractivity contribution < 1.29 is 9.59 Å². The largest absolute Gasteiger partial charge is 0.382 e. The van der Waals surface area contributed by atoms with Crippen LogP contribution in [0.25, 0.3) is 16.8 Å². The molecule has 2 aromatic carbocycles. The van der Waals surface area contributed by atoms with Gasteiger partial charge in [-0.2, -0.15) is 0 Å². The third-order valence-corrected chi connectivity index (χ3v) is 6.49. The first-order chi connectivity index (χ1) is 18.5. The average molecular weight is 529 g/mol. The molecule has 2 amide bonds. The van der Waals surface area contributed by atoms with Gasteiger partial charge in [0.2, 0.25) is 6.41 Å². The van der Waals surface area contributed by atoms with E-state index in [9.17, 15) is 4.79 Å². The van der Waals surface area contributed by atoms with E-state index in [4.69, 9.17) is 4.79 Å². The van der Waals surface area contributed by atoms with Crippen LogP contribution in [-0.2, 0) is 10.2 Å². The summed E-state index contributed by atoms with van der Waals surface area (Å²) in [6.45, 7) is 10.5. The van der Waals surface area contributed by atoms with Crippen LogP contribution in [0.1, 0.15) is 48.7 Å². The molecule has 0 radical (unpaired) electrons. The van der Waals surface area contributed by atoms with Crippen molar-refractivity contribution in [1.29, 1.82) is 0 Å². The summed E-state index contributed by atoms with van der Waals surface area (Å²) >= 11 is 0. The maximum absolute atomic E-state index is 13.0. The lowest BCUT2D eigenvalue weighted by molar-refractivity contribution is -0.106. The number of nitrogens with one attached hydrogen (secondary N) is 2. The van der Waals surface area contributed by atoms with E-state index in [2.05, 4.69) is 86.4 Å². The summed E-state index contributed by atoms with van der Waals surface area (Å²) in [6.07, 6.45) is 7.17. The number of aromatic nitrogens is 2. The van der Waals surface area contributed by atoms with Gasteiger partial charge in [0.15, 0.2) is 5.65 Å². The van der Waals surface area contributed by atoms with E-state index in [1.807, 2.05) is 53.2 Å². The van der Waals surface area contributed by atoms with E-state index in [1.165, 1.54) is 5.56 Å². The number of fused-ring (bicyclic) bond motifs is 1. The normalized spacial score (nSPS) is 11.2. The average Bonchev–Trinajstić information content (AvgIpc) is 3.37. The second-order valence-electron chi connectivity index (χ2n) is 10.8. The van der Waals surface area contributed by atoms with Gasteiger partial charge in [0.1, 0.15) is 0 Å². The lowest BCUT2D eigenvalue weighted by Crippen LogP contribution is -2.16. The molecule has 8 nitrogen and oxygen atoms in total. The fourth-order valence-corrected chi connectivity index (χ4v) is 4.33. The van der Waals surface area contributed by atoms with Crippen molar-refractivity contribution in [2.75, 3.05) is 37.8 Å². The standard InChI is InChI=1S/C30H37N5O.CH3NO/c1-21-25(23-19-27(31-15-8-17-34(5)6)28-32-16-18-35(28)20-23)9-7-10-26(21)33-29(36)22-11-13-24(14-12-22)30(2,3)4;2-1-3/h7,9-14,16,18-20,31H,8,15,17H2,1-6H3,(H,33,36);1H,(H2,2,3). The topological polar surface area (TPSA) is 105 Å². The minimum atomic E-state index is -0.107. The summed E-state index contributed by atoms with van der Waals surface area (Å²) in [6, 6.07) is 16.1. The lowest BCUT2D eigenvalue weighted by atomic mass is 9.86. The Morgan fingerprint density at radius 3 is 2.44 bits per heavy atom. The predicted molar refractivity (Wildman–Crippen MR) is 160 cm³/mol. The number of pyridine rings is 1. The van der Waals surface area contributed by atoms with E-state index >= 15 is 0 Å². The highest BCUT2D eigenvalue weighted by molar-refractivity contribution is 6.05. The van der Waals surface area contributed by atoms with Gasteiger partial charge in [-0.15, -0.1) is 0 Å². The van der Waals surface area contributed by atoms with Gasteiger partial charge >= 0.3 is 0 Å². The van der Waals surface area contributed by atoms with Crippen LogP contribution < -0.4 is 16.4 Å². The first-order valence-electron chi connectivity index (χ1n) is 13.1. The number of benzene rings is 2. The monoisotopic (exact) mass is 528 g/mol. The molecule has 0 aliphatic heterocycles. The third-order valence-electron chi connectivity index (χ3n) is 6.49. The van der Waals surface area contributed by atoms with Crippen molar-refractivity contribution in [3.05, 3.63) is 83.8 Å². The van der Waals surface area contributed by atoms with Crippen LogP contribution in [0.3, 0.4) is 0 Å². The highest BCUT2D eigenvalue weighted by Crippen LogP contribution is 2.32. The molecule has 4 N–H and O–H groups in total. The van der Waals surface area contributed by atoms with Crippen molar-refractivity contribution in [3.8, 4) is 11.1 Å². The Labute approximate surface area is 231 Å². The van der Waals surface area contributed by atoms with Gasteiger partial charge in [0, 0.05) is 41.9 Å². The molecule has 4 aromatic rings. The number of nitrogens with zero attached hydrogens (tertiary/aromatic N) is 3. The fraction of sp³-hybridized carbons (Fsp3) is 0.323. The molecule has 4 rings (SSSR count). The molecule has 0 fully saturated rings. The van der Waals surface area contributed by atoms with Crippen molar-refractivity contribution in [2.24, 2.45) is 5.73 Å². The molecule has 0 unspecified atom stereocenters. The molecule has 206 valence electrons. The van der Waals surface area contributed by atoms with E-state index in [0.717, 1.165) is 53.2 Å². The Hall–Kier alpha value is -4.17. The SMILES string of the molecule is Cc1c(NC(=O)c2ccc(C(C)(C)C)cc2)cccc1-c1cc(NCCCN(C)C)c2nccn2c1.NC=O. The number of anilines is 2. The highest BCUT2D eigenvalue weighted by atomic mass is 16.1. The van der Waals surface area contributed by atoms with Crippen LogP contribution in [0.5, 0.6) is 0 Å². The molecule has 0 spiro atoms. The zero-order valence-corrected chi connectivity index (χ0v) is 23.8. The van der Waals surface area contributed by atoms with Crippen LogP contribution in [-0.4, -0.2) is 53.8 Å². The zero-order chi connectivity index (χ0) is 28.6. The van der Waals surface area contributed by atoms with Gasteiger partial charge in [0.25, 0.3) is 5.91 Å². The number of hydrogen-bond acceptors (Lipinski definition) is 5. The van der Waals surface area contributed by atoms with Crippen molar-refractivity contribution >= 4 is 29.3 Å². The second kappa shape index (κ2) is 13.1. The van der Waals surface area contributed by atoms with Gasteiger partial charge < -0.3 is 25.7 Å². The number of carbonyl (C=O) groups excluding carboxylic acids is 2. The molecular formula is C31H40N6O2. The van der Waals surface area contributed by atoms with E-state index in [-0.39, 0.29) is 17.7 Å². The van der Waals surface area contributed by atoms with Crippen LogP contribution in [0.4, 0.5) is 11.4 Å². The first kappa shape index (κ1) is 29.4. The Morgan fingerprint density at radius 2 is 1.79 bits per heavy atom. The molecule has 0 aliphatic carbocycles. The van der Waals surface area contributed by atoms with Gasteiger partial charge in [-0.25, -0.2) is 4.98 Å². The van der Waals surface area contributed by atoms with Gasteiger partial charge in [-0.3, -0.25) is 9.59 Å². The maximum atomic E-state index is 13.0. The molecule has 39 heavy (non-hydrogen) atoms. The van der Waals surface area contributed by atoms with Crippen LogP contribution in [0, 0.1) is 6.92 Å². The summed E-state index contributed by atoms with van der Waals surface area (Å²) in [5, 5.41) is 6.68. The van der Waals surface area contributed by atoms with E-state index in [0.29, 0.717) is 5.56 Å². The summed E-state index contributed by atoms with van der Waals surface area (Å²) in [7, 11) is 4.17. The summed E-state index contributed by atoms with van der Waals surface area (Å²) in [5.41, 5.74) is 12.0. The number of carbonyl (C=O) groups is 2. The van der Waals surface area contributed by atoms with Crippen LogP contribution in [0.2, 0.25) is 0 Å². The fourth-order valence-electron chi connectivity index (χ4n) is 4.33. The molecule has 2 heterocycles. The molecular weight excluding hydrogens is 488 g/mol. The number of hydrogen-bond donors (Lipinski definition) is 3. The lowest BCUT2D eigenvalue weighted by Gasteiger charge is -2.19. The second-order valence-corrected chi connectivity index (χ2v) is 10.8. The molecule has 0 aliphatic rings. The van der Waals surface area contributed by atoms with Crippen molar-refractivity contribution in [3.63, 3.8) is 0 Å². The zero-order valence-electron chi connectivity index (χ0n) is 23.8. The number of imidazole rings is 1. The molecule has 0 bridgehead atoms. The number of primary amides is 1. The van der Waals surface area contributed by atoms with Crippen molar-refractivity contribution in [2.45, 2.75) is 39.5 Å². The van der Waals surface area contributed by atoms with Crippen molar-refractivity contribution in [1.82, 2.24) is 14.3 Å². The Balaban J connectivity index is 0.00000134. The molecule has 0 saturated heterocycles. The third kappa shape index (κ3) is 7.67. The summed E-state index contributed by atoms with van der Waals surface area (Å²) in [5.74, 6) is -0.107. The van der Waals surface area contributed by atoms with E-state index < -0.39 is 0 Å². The Kier molecular flexibility index (Phi) is 9.84. The number of amides is 2. The Morgan fingerprint density at radius 1 is 1.10 bits per heavy atom. The molecule has 0 atom stereocenters. The minimum Gasteiger partial charge on any atom is -0.382 e.